The van der Waals surface area contributed by atoms with E-state index >= 15 is 0 Å². The first-order chi connectivity index (χ1) is 20.6. The summed E-state index contributed by atoms with van der Waals surface area (Å²) in [5.41, 5.74) is 8.21. The number of Topliss-reactive ketones (excluding diaryl/α,β-unsaturated/α-hetero) is 1. The Bertz CT molecular complexity index is 1420. The molecule has 10 nitrogen and oxygen atoms in total. The number of amides is 1. The Morgan fingerprint density at radius 1 is 0.907 bits per heavy atom. The smallest absolute Gasteiger partial charge is 0.328 e. The molecule has 0 unspecified atom stereocenters. The normalized spacial score (nSPS) is 13.5. The van der Waals surface area contributed by atoms with Crippen molar-refractivity contribution in [2.45, 2.75) is 12.8 Å². The molecule has 4 N–H and O–H groups in total. The van der Waals surface area contributed by atoms with Crippen molar-refractivity contribution >= 4 is 35.0 Å². The number of benzene rings is 3. The molecule has 0 radical (unpaired) electrons. The Morgan fingerprint density at radius 3 is 2.02 bits per heavy atom. The number of ketones is 1. The van der Waals surface area contributed by atoms with E-state index in [1.807, 2.05) is 24.3 Å². The number of hydrogen-bond acceptors (Lipinski definition) is 7. The average molecular weight is 592 g/mol. The molecule has 0 spiro atoms. The molecule has 1 saturated heterocycles. The molecule has 1 amide bonds. The standard InChI is InChI=1S/C28H30FN3O3.C4H4O4/c1-35-26-5-3-2-4-25(26)32(28(34)22-8-12-24(30)13-9-22)19-18-31-16-14-21(15-17-31)27(33)20-6-10-23(29)11-7-20;5-3(6)1-2-4(7)8/h2-13,21H,14-19,30H2,1H3;1-2H,(H,5,6)(H,7,8). The number of carbonyl (C=O) groups excluding carboxylic acids is 2. The van der Waals surface area contributed by atoms with Gasteiger partial charge >= 0.3 is 11.9 Å². The number of nitrogen functional groups attached to an aromatic ring is 1. The van der Waals surface area contributed by atoms with Crippen LogP contribution in [-0.2, 0) is 9.59 Å². The summed E-state index contributed by atoms with van der Waals surface area (Å²) in [5.74, 6) is -2.36. The first-order valence-electron chi connectivity index (χ1n) is 13.6. The summed E-state index contributed by atoms with van der Waals surface area (Å²) >= 11 is 0. The fraction of sp³-hybridized carbons (Fsp3) is 0.250. The molecule has 4 rings (SSSR count). The second kappa shape index (κ2) is 15.8. The van der Waals surface area contributed by atoms with E-state index in [0.717, 1.165) is 25.9 Å². The van der Waals surface area contributed by atoms with Gasteiger partial charge in [0.05, 0.1) is 12.8 Å². The van der Waals surface area contributed by atoms with Gasteiger partial charge in [0.15, 0.2) is 5.78 Å². The van der Waals surface area contributed by atoms with Gasteiger partial charge in [0.1, 0.15) is 11.6 Å². The number of halogens is 1. The number of likely N-dealkylation sites (tertiary alicyclic amines) is 1. The molecule has 3 aromatic carbocycles. The number of nitrogens with two attached hydrogens (primary N) is 1. The number of rotatable bonds is 10. The van der Waals surface area contributed by atoms with Crippen molar-refractivity contribution in [3.05, 3.63) is 102 Å². The number of para-hydroxylation sites is 2. The van der Waals surface area contributed by atoms with Crippen LogP contribution in [0.2, 0.25) is 0 Å². The fourth-order valence-electron chi connectivity index (χ4n) is 4.62. The van der Waals surface area contributed by atoms with Crippen molar-refractivity contribution in [2.24, 2.45) is 5.92 Å². The van der Waals surface area contributed by atoms with Gasteiger partial charge in [0.2, 0.25) is 0 Å². The molecule has 0 aliphatic carbocycles. The summed E-state index contributed by atoms with van der Waals surface area (Å²) < 4.78 is 18.7. The number of carboxylic acids is 2. The number of nitrogens with zero attached hydrogens (tertiary/aromatic N) is 2. The van der Waals surface area contributed by atoms with Crippen LogP contribution in [0.25, 0.3) is 0 Å². The van der Waals surface area contributed by atoms with Gasteiger partial charge < -0.3 is 30.5 Å². The molecule has 1 aliphatic rings. The van der Waals surface area contributed by atoms with Crippen molar-refractivity contribution in [1.29, 1.82) is 0 Å². The van der Waals surface area contributed by atoms with Gasteiger partial charge in [-0.05, 0) is 86.6 Å². The molecular weight excluding hydrogens is 557 g/mol. The first kappa shape index (κ1) is 32.5. The third kappa shape index (κ3) is 9.79. The third-order valence-corrected chi connectivity index (χ3v) is 6.87. The minimum Gasteiger partial charge on any atom is -0.495 e. The molecule has 0 atom stereocenters. The van der Waals surface area contributed by atoms with Crippen LogP contribution in [0.1, 0.15) is 33.6 Å². The van der Waals surface area contributed by atoms with Gasteiger partial charge in [-0.3, -0.25) is 9.59 Å². The van der Waals surface area contributed by atoms with E-state index in [1.165, 1.54) is 12.1 Å². The molecule has 1 heterocycles. The van der Waals surface area contributed by atoms with Crippen molar-refractivity contribution in [3.8, 4) is 5.75 Å². The zero-order valence-electron chi connectivity index (χ0n) is 23.7. The number of carbonyl (C=O) groups is 4. The Kier molecular flexibility index (Phi) is 12.0. The van der Waals surface area contributed by atoms with Crippen LogP contribution in [0.4, 0.5) is 15.8 Å². The highest BCUT2D eigenvalue weighted by atomic mass is 19.1. The summed E-state index contributed by atoms with van der Waals surface area (Å²) in [6.45, 7) is 2.65. The van der Waals surface area contributed by atoms with E-state index in [-0.39, 0.29) is 23.4 Å². The second-order valence-corrected chi connectivity index (χ2v) is 9.75. The minimum atomic E-state index is -1.26. The number of ether oxygens (including phenoxy) is 1. The number of carboxylic acid groups (broad SMARTS) is 2. The van der Waals surface area contributed by atoms with Crippen LogP contribution in [0.15, 0.2) is 84.9 Å². The summed E-state index contributed by atoms with van der Waals surface area (Å²) in [6.07, 6.45) is 2.58. The van der Waals surface area contributed by atoms with Crippen LogP contribution in [0.5, 0.6) is 5.75 Å². The molecule has 11 heteroatoms. The van der Waals surface area contributed by atoms with Gasteiger partial charge in [-0.2, -0.15) is 0 Å². The highest BCUT2D eigenvalue weighted by Gasteiger charge is 2.27. The monoisotopic (exact) mass is 591 g/mol. The van der Waals surface area contributed by atoms with Gasteiger partial charge in [0, 0.05) is 48.0 Å². The second-order valence-electron chi connectivity index (χ2n) is 9.75. The minimum absolute atomic E-state index is 0.0684. The quantitative estimate of drug-likeness (QED) is 0.177. The first-order valence-corrected chi connectivity index (χ1v) is 13.6. The predicted molar refractivity (Wildman–Crippen MR) is 160 cm³/mol. The molecule has 3 aromatic rings. The SMILES string of the molecule is COc1ccccc1N(CCN1CCC(C(=O)c2ccc(F)cc2)CC1)C(=O)c1ccc(N)cc1.O=C(O)C=CC(=O)O. The maximum atomic E-state index is 13.5. The van der Waals surface area contributed by atoms with Gasteiger partial charge in [-0.15, -0.1) is 0 Å². The summed E-state index contributed by atoms with van der Waals surface area (Å²) in [6, 6.07) is 20.1. The molecule has 0 bridgehead atoms. The molecule has 1 aliphatic heterocycles. The lowest BCUT2D eigenvalue weighted by molar-refractivity contribution is -0.134. The summed E-state index contributed by atoms with van der Waals surface area (Å²) in [4.78, 5) is 49.4. The molecule has 1 fully saturated rings. The van der Waals surface area contributed by atoms with Crippen LogP contribution in [-0.4, -0.2) is 72.0 Å². The summed E-state index contributed by atoms with van der Waals surface area (Å²) in [7, 11) is 1.59. The predicted octanol–water partition coefficient (Wildman–Crippen LogP) is 4.37. The Labute approximate surface area is 248 Å². The average Bonchev–Trinajstić information content (AvgIpc) is 3.01. The number of anilines is 2. The van der Waals surface area contributed by atoms with Gasteiger partial charge in [-0.25, -0.2) is 14.0 Å². The van der Waals surface area contributed by atoms with Gasteiger partial charge in [0.25, 0.3) is 5.91 Å². The van der Waals surface area contributed by atoms with E-state index in [4.69, 9.17) is 20.7 Å². The van der Waals surface area contributed by atoms with Crippen molar-refractivity contribution < 1.29 is 38.5 Å². The number of hydrogen-bond donors (Lipinski definition) is 3. The Morgan fingerprint density at radius 2 is 1.47 bits per heavy atom. The van der Waals surface area contributed by atoms with E-state index in [0.29, 0.717) is 53.5 Å². The summed E-state index contributed by atoms with van der Waals surface area (Å²) in [5, 5.41) is 15.6. The van der Waals surface area contributed by atoms with E-state index in [2.05, 4.69) is 4.90 Å². The van der Waals surface area contributed by atoms with Crippen LogP contribution in [0, 0.1) is 11.7 Å². The largest absolute Gasteiger partial charge is 0.495 e. The molecule has 43 heavy (non-hydrogen) atoms. The topological polar surface area (TPSA) is 150 Å². The maximum Gasteiger partial charge on any atom is 0.328 e. The number of methoxy groups -OCH3 is 1. The third-order valence-electron chi connectivity index (χ3n) is 6.87. The molecular formula is C32H34FN3O7. The van der Waals surface area contributed by atoms with Gasteiger partial charge in [-0.1, -0.05) is 12.1 Å². The highest BCUT2D eigenvalue weighted by molar-refractivity contribution is 6.07. The lowest BCUT2D eigenvalue weighted by atomic mass is 9.89. The lowest BCUT2D eigenvalue weighted by Crippen LogP contribution is -2.43. The molecule has 0 aromatic heterocycles. The van der Waals surface area contributed by atoms with E-state index < -0.39 is 11.9 Å². The van der Waals surface area contributed by atoms with Crippen LogP contribution >= 0.6 is 0 Å². The van der Waals surface area contributed by atoms with E-state index in [1.54, 1.807) is 48.4 Å². The lowest BCUT2D eigenvalue weighted by Gasteiger charge is -2.33. The van der Waals surface area contributed by atoms with E-state index in [9.17, 15) is 23.6 Å². The number of piperidine rings is 1. The van der Waals surface area contributed by atoms with Crippen molar-refractivity contribution in [2.75, 3.05) is 43.9 Å². The molecule has 0 saturated carbocycles. The molecule has 226 valence electrons. The van der Waals surface area contributed by atoms with Crippen LogP contribution in [0.3, 0.4) is 0 Å². The maximum absolute atomic E-state index is 13.5. The fourth-order valence-corrected chi connectivity index (χ4v) is 4.62. The van der Waals surface area contributed by atoms with Crippen molar-refractivity contribution in [3.63, 3.8) is 0 Å². The highest BCUT2D eigenvalue weighted by Crippen LogP contribution is 2.29. The van der Waals surface area contributed by atoms with Crippen LogP contribution < -0.4 is 15.4 Å². The Balaban J connectivity index is 0.000000557. The zero-order chi connectivity index (χ0) is 31.4. The Hall–Kier alpha value is -5.03. The zero-order valence-corrected chi connectivity index (χ0v) is 23.7. The number of aliphatic carboxylic acids is 2. The van der Waals surface area contributed by atoms with Crippen molar-refractivity contribution in [1.82, 2.24) is 4.90 Å².